The standard InChI is InChI=1S/C64H45NO2/c1-63(2)54-22-10-6-19-50(54)53-38-37-48(41-57(53)63)65(58-25-13-9-18-49(58)44-16-4-3-5-17-44)47-35-30-43(31-36-47)42-28-32-45(33-29-42)64(55-23-11-7-20-51(55)52-21-8-12-24-56(52)64)46-34-39-61-62(40-46)67-60-27-15-14-26-59(60)66-61/h3-41H,1-2H3. The van der Waals surface area contributed by atoms with E-state index in [4.69, 9.17) is 9.47 Å². The van der Waals surface area contributed by atoms with Gasteiger partial charge in [-0.1, -0.05) is 196 Å². The monoisotopic (exact) mass is 859 g/mol. The van der Waals surface area contributed by atoms with Crippen molar-refractivity contribution < 1.29 is 9.47 Å². The summed E-state index contributed by atoms with van der Waals surface area (Å²) < 4.78 is 12.9. The molecule has 0 bridgehead atoms. The number of hydrogen-bond donors (Lipinski definition) is 0. The van der Waals surface area contributed by atoms with Gasteiger partial charge in [0.25, 0.3) is 0 Å². The number of fused-ring (bicyclic) bond motifs is 8. The highest BCUT2D eigenvalue weighted by Crippen LogP contribution is 2.58. The molecule has 318 valence electrons. The summed E-state index contributed by atoms with van der Waals surface area (Å²) in [6, 6.07) is 85.7. The largest absolute Gasteiger partial charge is 0.450 e. The van der Waals surface area contributed by atoms with Crippen molar-refractivity contribution >= 4 is 17.1 Å². The molecule has 0 saturated carbocycles. The van der Waals surface area contributed by atoms with Gasteiger partial charge in [0.2, 0.25) is 0 Å². The molecule has 67 heavy (non-hydrogen) atoms. The second-order valence-electron chi connectivity index (χ2n) is 18.4. The van der Waals surface area contributed by atoms with Gasteiger partial charge in [0.15, 0.2) is 23.0 Å². The molecule has 3 heteroatoms. The molecule has 13 rings (SSSR count). The quantitative estimate of drug-likeness (QED) is 0.159. The minimum Gasteiger partial charge on any atom is -0.450 e. The van der Waals surface area contributed by atoms with Crippen LogP contribution in [0.25, 0.3) is 44.5 Å². The molecule has 0 N–H and O–H groups in total. The zero-order chi connectivity index (χ0) is 44.7. The predicted molar refractivity (Wildman–Crippen MR) is 273 cm³/mol. The van der Waals surface area contributed by atoms with Crippen LogP contribution in [0.15, 0.2) is 237 Å². The van der Waals surface area contributed by atoms with Crippen molar-refractivity contribution in [3.05, 3.63) is 270 Å². The van der Waals surface area contributed by atoms with E-state index >= 15 is 0 Å². The van der Waals surface area contributed by atoms with E-state index in [1.165, 1.54) is 61.2 Å². The van der Waals surface area contributed by atoms with Crippen LogP contribution in [0, 0.1) is 0 Å². The Kier molecular flexibility index (Phi) is 8.78. The molecule has 10 aromatic carbocycles. The number of benzene rings is 10. The maximum atomic E-state index is 6.54. The SMILES string of the molecule is CC1(C)c2ccccc2-c2ccc(N(c3ccc(-c4ccc(C5(c6ccc7c(c6)Oc6ccccc6O7)c6ccccc6-c6ccccc65)cc4)cc3)c3ccccc3-c3ccccc3)cc21. The molecule has 0 fully saturated rings. The average Bonchev–Trinajstić information content (AvgIpc) is 3.81. The number of ether oxygens (including phenoxy) is 2. The summed E-state index contributed by atoms with van der Waals surface area (Å²) in [6.07, 6.45) is 0. The fourth-order valence-electron chi connectivity index (χ4n) is 11.3. The second kappa shape index (κ2) is 15.1. The van der Waals surface area contributed by atoms with Crippen LogP contribution in [-0.4, -0.2) is 0 Å². The summed E-state index contributed by atoms with van der Waals surface area (Å²) in [6.45, 7) is 4.70. The van der Waals surface area contributed by atoms with Crippen molar-refractivity contribution in [3.8, 4) is 67.5 Å². The topological polar surface area (TPSA) is 21.7 Å². The lowest BCUT2D eigenvalue weighted by molar-refractivity contribution is 0.359. The number of para-hydroxylation sites is 3. The Balaban J connectivity index is 0.911. The molecule has 0 aromatic heterocycles. The van der Waals surface area contributed by atoms with Gasteiger partial charge in [-0.15, -0.1) is 0 Å². The third-order valence-corrected chi connectivity index (χ3v) is 14.4. The van der Waals surface area contributed by atoms with Crippen molar-refractivity contribution in [2.45, 2.75) is 24.7 Å². The van der Waals surface area contributed by atoms with Crippen LogP contribution < -0.4 is 14.4 Å². The van der Waals surface area contributed by atoms with Crippen LogP contribution in [0.5, 0.6) is 23.0 Å². The summed E-state index contributed by atoms with van der Waals surface area (Å²) in [5.41, 5.74) is 19.9. The Morgan fingerprint density at radius 3 is 1.46 bits per heavy atom. The van der Waals surface area contributed by atoms with Crippen molar-refractivity contribution in [2.24, 2.45) is 0 Å². The third kappa shape index (κ3) is 5.98. The van der Waals surface area contributed by atoms with Crippen molar-refractivity contribution in [2.75, 3.05) is 4.90 Å². The zero-order valence-electron chi connectivity index (χ0n) is 37.3. The van der Waals surface area contributed by atoms with Crippen molar-refractivity contribution in [1.82, 2.24) is 0 Å². The number of anilines is 3. The molecule has 0 amide bonds. The van der Waals surface area contributed by atoms with E-state index < -0.39 is 5.41 Å². The number of hydrogen-bond acceptors (Lipinski definition) is 3. The average molecular weight is 860 g/mol. The fourth-order valence-corrected chi connectivity index (χ4v) is 11.3. The first-order valence-corrected chi connectivity index (χ1v) is 23.2. The first-order chi connectivity index (χ1) is 33.0. The molecule has 0 saturated heterocycles. The third-order valence-electron chi connectivity index (χ3n) is 14.4. The lowest BCUT2D eigenvalue weighted by atomic mass is 9.67. The molecule has 0 radical (unpaired) electrons. The molecule has 0 atom stereocenters. The van der Waals surface area contributed by atoms with Gasteiger partial charge in [-0.05, 0) is 127 Å². The lowest BCUT2D eigenvalue weighted by Gasteiger charge is -2.34. The van der Waals surface area contributed by atoms with Crippen LogP contribution in [0.2, 0.25) is 0 Å². The Morgan fingerprint density at radius 1 is 0.313 bits per heavy atom. The molecule has 3 nitrogen and oxygen atoms in total. The van der Waals surface area contributed by atoms with Gasteiger partial charge in [-0.2, -0.15) is 0 Å². The van der Waals surface area contributed by atoms with Crippen LogP contribution >= 0.6 is 0 Å². The number of nitrogens with zero attached hydrogens (tertiary/aromatic N) is 1. The summed E-state index contributed by atoms with van der Waals surface area (Å²) in [5.74, 6) is 2.86. The van der Waals surface area contributed by atoms with Gasteiger partial charge >= 0.3 is 0 Å². The van der Waals surface area contributed by atoms with E-state index in [1.807, 2.05) is 24.3 Å². The van der Waals surface area contributed by atoms with Gasteiger partial charge in [-0.25, -0.2) is 0 Å². The first-order valence-electron chi connectivity index (χ1n) is 23.2. The van der Waals surface area contributed by atoms with Crippen LogP contribution in [-0.2, 0) is 10.8 Å². The Hall–Kier alpha value is -8.40. The Labute approximate surface area is 391 Å². The zero-order valence-corrected chi connectivity index (χ0v) is 37.3. The molecule has 2 aliphatic carbocycles. The summed E-state index contributed by atoms with van der Waals surface area (Å²) in [4.78, 5) is 2.43. The second-order valence-corrected chi connectivity index (χ2v) is 18.4. The summed E-state index contributed by atoms with van der Waals surface area (Å²) in [5, 5.41) is 0. The minimum absolute atomic E-state index is 0.127. The first kappa shape index (κ1) is 39.0. The van der Waals surface area contributed by atoms with Gasteiger partial charge in [0, 0.05) is 22.4 Å². The molecular weight excluding hydrogens is 815 g/mol. The van der Waals surface area contributed by atoms with E-state index in [1.54, 1.807) is 0 Å². The lowest BCUT2D eigenvalue weighted by Crippen LogP contribution is -2.28. The van der Waals surface area contributed by atoms with Crippen LogP contribution in [0.1, 0.15) is 47.2 Å². The predicted octanol–water partition coefficient (Wildman–Crippen LogP) is 17.1. The number of rotatable bonds is 7. The molecule has 10 aromatic rings. The summed E-state index contributed by atoms with van der Waals surface area (Å²) >= 11 is 0. The maximum Gasteiger partial charge on any atom is 0.170 e. The fraction of sp³-hybridized carbons (Fsp3) is 0.0625. The van der Waals surface area contributed by atoms with E-state index in [-0.39, 0.29) is 5.41 Å². The molecule has 0 spiro atoms. The van der Waals surface area contributed by atoms with Gasteiger partial charge < -0.3 is 14.4 Å². The van der Waals surface area contributed by atoms with E-state index in [0.29, 0.717) is 11.5 Å². The summed E-state index contributed by atoms with van der Waals surface area (Å²) in [7, 11) is 0. The molecule has 0 unspecified atom stereocenters. The Morgan fingerprint density at radius 2 is 0.791 bits per heavy atom. The minimum atomic E-state index is -0.594. The molecule has 3 aliphatic rings. The van der Waals surface area contributed by atoms with Crippen LogP contribution in [0.4, 0.5) is 17.1 Å². The molecule has 1 heterocycles. The highest BCUT2D eigenvalue weighted by Gasteiger charge is 2.46. The molecular formula is C64H45NO2. The highest BCUT2D eigenvalue weighted by atomic mass is 16.6. The molecule has 1 aliphatic heterocycles. The van der Waals surface area contributed by atoms with Crippen molar-refractivity contribution in [1.29, 1.82) is 0 Å². The van der Waals surface area contributed by atoms with E-state index in [9.17, 15) is 0 Å². The Bertz CT molecular complexity index is 3510. The van der Waals surface area contributed by atoms with E-state index in [0.717, 1.165) is 45.3 Å². The van der Waals surface area contributed by atoms with Crippen molar-refractivity contribution in [3.63, 3.8) is 0 Å². The van der Waals surface area contributed by atoms with Crippen LogP contribution in [0.3, 0.4) is 0 Å². The van der Waals surface area contributed by atoms with Gasteiger partial charge in [-0.3, -0.25) is 0 Å². The normalized spacial score (nSPS) is 14.0. The maximum absolute atomic E-state index is 6.54. The highest BCUT2D eigenvalue weighted by molar-refractivity contribution is 5.91. The van der Waals surface area contributed by atoms with Gasteiger partial charge in [0.05, 0.1) is 11.1 Å². The van der Waals surface area contributed by atoms with Gasteiger partial charge in [0.1, 0.15) is 0 Å². The van der Waals surface area contributed by atoms with E-state index in [2.05, 4.69) is 231 Å². The smallest absolute Gasteiger partial charge is 0.170 e.